The highest BCUT2D eigenvalue weighted by Crippen LogP contribution is 2.37. The van der Waals surface area contributed by atoms with Crippen LogP contribution in [0.3, 0.4) is 0 Å². The van der Waals surface area contributed by atoms with Gasteiger partial charge < -0.3 is 10.2 Å². The summed E-state index contributed by atoms with van der Waals surface area (Å²) in [5.41, 5.74) is 0.146. The predicted octanol–water partition coefficient (Wildman–Crippen LogP) is 4.23. The van der Waals surface area contributed by atoms with Gasteiger partial charge >= 0.3 is 6.18 Å². The fourth-order valence-electron chi connectivity index (χ4n) is 2.99. The Morgan fingerprint density at radius 1 is 1.27 bits per heavy atom. The molecule has 4 nitrogen and oxygen atoms in total. The van der Waals surface area contributed by atoms with Crippen LogP contribution < -0.4 is 5.32 Å². The van der Waals surface area contributed by atoms with E-state index in [0.717, 1.165) is 12.1 Å². The van der Waals surface area contributed by atoms with Crippen LogP contribution in [0.1, 0.15) is 17.0 Å². The summed E-state index contributed by atoms with van der Waals surface area (Å²) in [6.45, 7) is 0.250. The standard InChI is InChI=1S/C17H14ClF3N2O2S/c1-23-6-11(9-2-4-10(5-3-9)17(19,20)21)14(16(23)25)15(24)22-13-8-26-7-12(13)18/h2-5,7-8,11,14H,6H2,1H3,(H,22,24)/t11-,14+/m1/s1. The summed E-state index contributed by atoms with van der Waals surface area (Å²) < 4.78 is 38.2. The lowest BCUT2D eigenvalue weighted by Gasteiger charge is -2.17. The number of likely N-dealkylation sites (tertiary alicyclic amines) is 1. The summed E-state index contributed by atoms with van der Waals surface area (Å²) >= 11 is 7.27. The molecule has 0 bridgehead atoms. The summed E-state index contributed by atoms with van der Waals surface area (Å²) in [4.78, 5) is 26.5. The van der Waals surface area contributed by atoms with Gasteiger partial charge in [0.1, 0.15) is 5.92 Å². The van der Waals surface area contributed by atoms with Gasteiger partial charge in [-0.15, -0.1) is 11.3 Å². The number of hydrogen-bond donors (Lipinski definition) is 1. The third kappa shape index (κ3) is 3.57. The van der Waals surface area contributed by atoms with E-state index in [1.54, 1.807) is 17.8 Å². The van der Waals surface area contributed by atoms with Crippen LogP contribution in [0.2, 0.25) is 5.02 Å². The van der Waals surface area contributed by atoms with Crippen LogP contribution in [0, 0.1) is 5.92 Å². The molecule has 0 unspecified atom stereocenters. The molecular formula is C17H14ClF3N2O2S. The molecule has 1 saturated heterocycles. The molecule has 1 aliphatic heterocycles. The average molecular weight is 403 g/mol. The van der Waals surface area contributed by atoms with Gasteiger partial charge in [-0.25, -0.2) is 0 Å². The maximum atomic E-state index is 12.7. The zero-order valence-electron chi connectivity index (χ0n) is 13.5. The quantitative estimate of drug-likeness (QED) is 0.781. The lowest BCUT2D eigenvalue weighted by Crippen LogP contribution is -2.32. The molecule has 1 aromatic carbocycles. The molecule has 0 radical (unpaired) electrons. The molecular weight excluding hydrogens is 389 g/mol. The number of anilines is 1. The van der Waals surface area contributed by atoms with Crippen LogP contribution >= 0.6 is 22.9 Å². The summed E-state index contributed by atoms with van der Waals surface area (Å²) in [7, 11) is 1.56. The SMILES string of the molecule is CN1C[C@H](c2ccc(C(F)(F)F)cc2)[C@@H](C(=O)Nc2cscc2Cl)C1=O. The number of thiophene rings is 1. The molecule has 2 aromatic rings. The van der Waals surface area contributed by atoms with E-state index in [1.165, 1.54) is 28.4 Å². The van der Waals surface area contributed by atoms with Gasteiger partial charge in [0.15, 0.2) is 0 Å². The van der Waals surface area contributed by atoms with Gasteiger partial charge in [-0.05, 0) is 17.7 Å². The Balaban J connectivity index is 1.86. The van der Waals surface area contributed by atoms with Crippen molar-refractivity contribution in [1.82, 2.24) is 4.90 Å². The first-order valence-electron chi connectivity index (χ1n) is 7.63. The number of carbonyl (C=O) groups excluding carboxylic acids is 2. The lowest BCUT2D eigenvalue weighted by atomic mass is 9.87. The number of benzene rings is 1. The number of alkyl halides is 3. The third-order valence-corrected chi connectivity index (χ3v) is 5.52. The molecule has 0 aliphatic carbocycles. The monoisotopic (exact) mass is 402 g/mol. The Hall–Kier alpha value is -2.06. The van der Waals surface area contributed by atoms with E-state index in [-0.39, 0.29) is 12.5 Å². The van der Waals surface area contributed by atoms with Crippen LogP contribution in [0.25, 0.3) is 0 Å². The molecule has 0 spiro atoms. The third-order valence-electron chi connectivity index (χ3n) is 4.34. The van der Waals surface area contributed by atoms with Crippen LogP contribution in [0.15, 0.2) is 35.0 Å². The van der Waals surface area contributed by atoms with Crippen molar-refractivity contribution in [3.63, 3.8) is 0 Å². The molecule has 2 heterocycles. The van der Waals surface area contributed by atoms with Gasteiger partial charge in [0.25, 0.3) is 0 Å². The predicted molar refractivity (Wildman–Crippen MR) is 93.3 cm³/mol. The molecule has 2 atom stereocenters. The van der Waals surface area contributed by atoms with Gasteiger partial charge in [0.05, 0.1) is 16.3 Å². The fraction of sp³-hybridized carbons (Fsp3) is 0.294. The summed E-state index contributed by atoms with van der Waals surface area (Å²) in [5, 5.41) is 6.29. The highest BCUT2D eigenvalue weighted by Gasteiger charge is 2.44. The van der Waals surface area contributed by atoms with Gasteiger partial charge in [-0.2, -0.15) is 13.2 Å². The number of likely N-dealkylation sites (N-methyl/N-ethyl adjacent to an activating group) is 1. The zero-order valence-corrected chi connectivity index (χ0v) is 15.1. The van der Waals surface area contributed by atoms with Crippen molar-refractivity contribution in [3.05, 3.63) is 51.2 Å². The van der Waals surface area contributed by atoms with E-state index in [4.69, 9.17) is 11.6 Å². The van der Waals surface area contributed by atoms with Crippen molar-refractivity contribution in [1.29, 1.82) is 0 Å². The Kier molecular flexibility index (Phi) is 4.98. The maximum Gasteiger partial charge on any atom is 0.416 e. The van der Waals surface area contributed by atoms with Crippen molar-refractivity contribution in [3.8, 4) is 0 Å². The molecule has 1 aromatic heterocycles. The van der Waals surface area contributed by atoms with Crippen molar-refractivity contribution in [2.24, 2.45) is 5.92 Å². The smallest absolute Gasteiger partial charge is 0.344 e. The summed E-state index contributed by atoms with van der Waals surface area (Å²) in [6, 6.07) is 4.56. The second-order valence-electron chi connectivity index (χ2n) is 6.05. The topological polar surface area (TPSA) is 49.4 Å². The van der Waals surface area contributed by atoms with E-state index < -0.39 is 29.5 Å². The first kappa shape index (κ1) is 18.7. The molecule has 1 N–H and O–H groups in total. The highest BCUT2D eigenvalue weighted by molar-refractivity contribution is 7.09. The second-order valence-corrected chi connectivity index (χ2v) is 7.20. The molecule has 0 saturated carbocycles. The number of hydrogen-bond acceptors (Lipinski definition) is 3. The Morgan fingerprint density at radius 2 is 1.92 bits per heavy atom. The van der Waals surface area contributed by atoms with E-state index in [0.29, 0.717) is 16.3 Å². The Morgan fingerprint density at radius 3 is 2.46 bits per heavy atom. The van der Waals surface area contributed by atoms with Gasteiger partial charge in [-0.3, -0.25) is 9.59 Å². The van der Waals surface area contributed by atoms with E-state index in [9.17, 15) is 22.8 Å². The van der Waals surface area contributed by atoms with E-state index in [2.05, 4.69) is 5.32 Å². The minimum atomic E-state index is -4.44. The van der Waals surface area contributed by atoms with Crippen LogP contribution in [-0.4, -0.2) is 30.3 Å². The summed E-state index contributed by atoms with van der Waals surface area (Å²) in [5.74, 6) is -2.46. The maximum absolute atomic E-state index is 12.7. The largest absolute Gasteiger partial charge is 0.416 e. The first-order valence-corrected chi connectivity index (χ1v) is 8.95. The minimum Gasteiger partial charge on any atom is -0.344 e. The Bertz CT molecular complexity index is 835. The number of halogens is 4. The molecule has 1 aliphatic rings. The van der Waals surface area contributed by atoms with Crippen LogP contribution in [-0.2, 0) is 15.8 Å². The molecule has 26 heavy (non-hydrogen) atoms. The highest BCUT2D eigenvalue weighted by atomic mass is 35.5. The van der Waals surface area contributed by atoms with E-state index >= 15 is 0 Å². The normalized spacial score (nSPS) is 20.5. The Labute approximate surface area is 156 Å². The number of carbonyl (C=O) groups is 2. The average Bonchev–Trinajstić information content (AvgIpc) is 3.11. The number of amides is 2. The van der Waals surface area contributed by atoms with Crippen molar-refractivity contribution >= 4 is 40.4 Å². The molecule has 9 heteroatoms. The van der Waals surface area contributed by atoms with Gasteiger partial charge in [0.2, 0.25) is 11.8 Å². The zero-order chi connectivity index (χ0) is 19.1. The van der Waals surface area contributed by atoms with Gasteiger partial charge in [0, 0.05) is 30.3 Å². The van der Waals surface area contributed by atoms with Crippen molar-refractivity contribution in [2.45, 2.75) is 12.1 Å². The van der Waals surface area contributed by atoms with Crippen molar-refractivity contribution < 1.29 is 22.8 Å². The first-order chi connectivity index (χ1) is 12.2. The minimum absolute atomic E-state index is 0.250. The molecule has 2 amide bonds. The number of nitrogens with zero attached hydrogens (tertiary/aromatic N) is 1. The molecule has 138 valence electrons. The van der Waals surface area contributed by atoms with Gasteiger partial charge in [-0.1, -0.05) is 23.7 Å². The summed E-state index contributed by atoms with van der Waals surface area (Å²) in [6.07, 6.45) is -4.44. The fourth-order valence-corrected chi connectivity index (χ4v) is 3.95. The number of nitrogens with one attached hydrogen (secondary N) is 1. The number of rotatable bonds is 3. The van der Waals surface area contributed by atoms with Crippen LogP contribution in [0.4, 0.5) is 18.9 Å². The van der Waals surface area contributed by atoms with E-state index in [1.807, 2.05) is 0 Å². The molecule has 1 fully saturated rings. The molecule has 3 rings (SSSR count). The van der Waals surface area contributed by atoms with Crippen molar-refractivity contribution in [2.75, 3.05) is 18.9 Å². The van der Waals surface area contributed by atoms with Crippen LogP contribution in [0.5, 0.6) is 0 Å². The lowest BCUT2D eigenvalue weighted by molar-refractivity contribution is -0.138. The second kappa shape index (κ2) is 6.92.